The van der Waals surface area contributed by atoms with Crippen molar-refractivity contribution in [3.8, 4) is 17.2 Å². The topological polar surface area (TPSA) is 192 Å². The molecule has 1 aliphatic heterocycles. The SMILES string of the molecule is C=CCOC12Oc3ccc(Oc4ccc5ccccc5c4)cc3C3C(CCCCO)C(CCCCO)C=C(C(=NOCc4ccc([N+](=O)[O-])cc4)CC1N(CCOCCO)C(=O)OCCCCCCCCCCCC)C32. The maximum atomic E-state index is 14.9. The van der Waals surface area contributed by atoms with Gasteiger partial charge in [-0.25, -0.2) is 4.79 Å². The minimum absolute atomic E-state index is 0.0139. The fourth-order valence-electron chi connectivity index (χ4n) is 11.5. The van der Waals surface area contributed by atoms with Gasteiger partial charge >= 0.3 is 6.09 Å². The van der Waals surface area contributed by atoms with E-state index in [0.717, 1.165) is 66.9 Å². The van der Waals surface area contributed by atoms with Crippen molar-refractivity contribution in [2.75, 3.05) is 52.8 Å². The van der Waals surface area contributed by atoms with Crippen LogP contribution in [0.1, 0.15) is 133 Å². The molecule has 412 valence electrons. The highest BCUT2D eigenvalue weighted by atomic mass is 16.7. The van der Waals surface area contributed by atoms with Gasteiger partial charge in [-0.2, -0.15) is 0 Å². The Morgan fingerprint density at radius 2 is 1.51 bits per heavy atom. The number of allylic oxidation sites excluding steroid dienone is 1. The number of oxime groups is 1. The van der Waals surface area contributed by atoms with Gasteiger partial charge in [-0.3, -0.25) is 15.0 Å². The first-order valence-corrected chi connectivity index (χ1v) is 28.0. The Morgan fingerprint density at radius 3 is 2.22 bits per heavy atom. The zero-order valence-electron chi connectivity index (χ0n) is 44.6. The van der Waals surface area contributed by atoms with Gasteiger partial charge in [-0.1, -0.05) is 125 Å². The number of hydrogen-bond donors (Lipinski definition) is 3. The number of non-ortho nitro benzene ring substituents is 1. The molecule has 2 aliphatic carbocycles. The third-order valence-corrected chi connectivity index (χ3v) is 15.2. The van der Waals surface area contributed by atoms with E-state index in [2.05, 4.69) is 37.8 Å². The molecule has 4 aromatic carbocycles. The average molecular weight is 1050 g/mol. The Morgan fingerprint density at radius 1 is 0.816 bits per heavy atom. The van der Waals surface area contributed by atoms with Gasteiger partial charge in [0.15, 0.2) is 0 Å². The molecular formula is C61H81N3O12. The Labute approximate surface area is 449 Å². The molecule has 15 heteroatoms. The molecule has 15 nitrogen and oxygen atoms in total. The first kappa shape index (κ1) is 57.9. The molecule has 0 radical (unpaired) electrons. The number of aliphatic hydroxyl groups is 3. The Kier molecular flexibility index (Phi) is 23.0. The second-order valence-corrected chi connectivity index (χ2v) is 20.4. The summed E-state index contributed by atoms with van der Waals surface area (Å²) in [7, 11) is 0. The third-order valence-electron chi connectivity index (χ3n) is 15.2. The number of nitrogens with zero attached hydrogens (tertiary/aromatic N) is 3. The summed E-state index contributed by atoms with van der Waals surface area (Å²) in [6.07, 6.45) is 19.1. The normalized spacial score (nSPS) is 21.0. The molecule has 1 amide bonds. The lowest BCUT2D eigenvalue weighted by atomic mass is 9.55. The summed E-state index contributed by atoms with van der Waals surface area (Å²) in [4.78, 5) is 33.9. The number of carbonyl (C=O) groups excluding carboxylic acids is 1. The molecule has 76 heavy (non-hydrogen) atoms. The summed E-state index contributed by atoms with van der Waals surface area (Å²) >= 11 is 0. The number of unbranched alkanes of at least 4 members (excludes halogenated alkanes) is 11. The van der Waals surface area contributed by atoms with Gasteiger partial charge in [-0.15, -0.1) is 6.58 Å². The van der Waals surface area contributed by atoms with Crippen LogP contribution in [0.3, 0.4) is 0 Å². The molecule has 0 aromatic heterocycles. The van der Waals surface area contributed by atoms with Crippen LogP contribution in [-0.4, -0.2) is 102 Å². The van der Waals surface area contributed by atoms with Crippen LogP contribution in [0, 0.1) is 27.9 Å². The van der Waals surface area contributed by atoms with Crippen LogP contribution >= 0.6 is 0 Å². The van der Waals surface area contributed by atoms with E-state index >= 15 is 0 Å². The second-order valence-electron chi connectivity index (χ2n) is 20.4. The predicted octanol–water partition coefficient (Wildman–Crippen LogP) is 12.7. The van der Waals surface area contributed by atoms with Crippen molar-refractivity contribution < 1.29 is 53.6 Å². The molecule has 1 fully saturated rings. The lowest BCUT2D eigenvalue weighted by molar-refractivity contribution is -0.384. The van der Waals surface area contributed by atoms with Crippen molar-refractivity contribution in [3.63, 3.8) is 0 Å². The minimum Gasteiger partial charge on any atom is -0.459 e. The van der Waals surface area contributed by atoms with Crippen molar-refractivity contribution >= 4 is 28.3 Å². The number of aliphatic hydroxyl groups excluding tert-OH is 3. The Bertz CT molecular complexity index is 2520. The molecule has 6 unspecified atom stereocenters. The van der Waals surface area contributed by atoms with Gasteiger partial charge in [-0.05, 0) is 108 Å². The standard InChI is InChI=1S/C61H81N3O12/c1-3-5-6-7-8-9-10-11-12-19-37-72-60(68)63(32-38-71-39-35-67)57-43-55(62-74-44-45-24-27-49(28-25-45)64(69)70)53-41-48(22-15-17-33-65)52(23-16-18-34-66)58-54-42-51(75-50-29-26-46-20-13-14-21-47(46)40-50)30-31-56(54)76-61(57,59(53)58)73-36-4-2/h4,13-14,20-21,24-31,40-42,48,52,57-59,65-67H,2-3,5-12,15-19,22-23,32-39,43-44H2,1H3. The molecule has 1 heterocycles. The van der Waals surface area contributed by atoms with Crippen molar-refractivity contribution in [1.82, 2.24) is 4.90 Å². The van der Waals surface area contributed by atoms with Crippen LogP contribution in [0.4, 0.5) is 10.5 Å². The fraction of sp³-hybridized carbons (Fsp3) is 0.541. The lowest BCUT2D eigenvalue weighted by Gasteiger charge is -2.59. The summed E-state index contributed by atoms with van der Waals surface area (Å²) in [5.74, 6) is -0.635. The second kappa shape index (κ2) is 30.2. The van der Waals surface area contributed by atoms with Crippen LogP contribution in [0.2, 0.25) is 0 Å². The number of ether oxygens (including phenoxy) is 5. The van der Waals surface area contributed by atoms with E-state index in [0.29, 0.717) is 47.8 Å². The van der Waals surface area contributed by atoms with Crippen molar-refractivity contribution in [2.45, 2.75) is 140 Å². The fourth-order valence-corrected chi connectivity index (χ4v) is 11.5. The molecule has 0 spiro atoms. The van der Waals surface area contributed by atoms with E-state index in [-0.39, 0.29) is 89.3 Å². The average Bonchev–Trinajstić information content (AvgIpc) is 3.43. The van der Waals surface area contributed by atoms with E-state index in [9.17, 15) is 30.2 Å². The quantitative estimate of drug-likeness (QED) is 0.0174. The smallest absolute Gasteiger partial charge is 0.410 e. The maximum Gasteiger partial charge on any atom is 0.410 e. The van der Waals surface area contributed by atoms with Crippen LogP contribution in [0.5, 0.6) is 17.2 Å². The predicted molar refractivity (Wildman–Crippen MR) is 295 cm³/mol. The van der Waals surface area contributed by atoms with E-state index < -0.39 is 28.8 Å². The highest BCUT2D eigenvalue weighted by Gasteiger charge is 2.65. The van der Waals surface area contributed by atoms with Crippen molar-refractivity contribution in [1.29, 1.82) is 0 Å². The van der Waals surface area contributed by atoms with Gasteiger partial charge in [0.05, 0.1) is 49.6 Å². The van der Waals surface area contributed by atoms with Gasteiger partial charge in [0.2, 0.25) is 5.79 Å². The molecule has 1 saturated carbocycles. The third kappa shape index (κ3) is 15.2. The summed E-state index contributed by atoms with van der Waals surface area (Å²) in [6, 6.07) is 25.3. The van der Waals surface area contributed by atoms with Crippen LogP contribution in [-0.2, 0) is 25.7 Å². The summed E-state index contributed by atoms with van der Waals surface area (Å²) in [5, 5.41) is 48.5. The monoisotopic (exact) mass is 1050 g/mol. The highest BCUT2D eigenvalue weighted by Crippen LogP contribution is 2.62. The van der Waals surface area contributed by atoms with E-state index in [1.54, 1.807) is 23.1 Å². The van der Waals surface area contributed by atoms with Gasteiger partial charge in [0, 0.05) is 49.8 Å². The summed E-state index contributed by atoms with van der Waals surface area (Å²) in [6.45, 7) is 6.77. The number of hydrogen-bond acceptors (Lipinski definition) is 13. The van der Waals surface area contributed by atoms with Crippen molar-refractivity contribution in [3.05, 3.63) is 130 Å². The molecular weight excluding hydrogens is 967 g/mol. The molecule has 0 saturated heterocycles. The molecule has 6 atom stereocenters. The zero-order chi connectivity index (χ0) is 53.5. The molecule has 0 bridgehead atoms. The van der Waals surface area contributed by atoms with Crippen LogP contribution in [0.15, 0.2) is 114 Å². The molecule has 4 aromatic rings. The maximum absolute atomic E-state index is 14.9. The molecule has 3 aliphatic rings. The number of nitro groups is 1. The first-order valence-electron chi connectivity index (χ1n) is 28.0. The van der Waals surface area contributed by atoms with E-state index in [4.69, 9.17) is 33.7 Å². The zero-order valence-corrected chi connectivity index (χ0v) is 44.6. The van der Waals surface area contributed by atoms with E-state index in [1.807, 2.05) is 42.5 Å². The van der Waals surface area contributed by atoms with Crippen molar-refractivity contribution in [2.24, 2.45) is 22.9 Å². The lowest BCUT2D eigenvalue weighted by Crippen LogP contribution is -2.70. The van der Waals surface area contributed by atoms with Gasteiger partial charge in [0.1, 0.15) is 29.9 Å². The number of rotatable bonds is 34. The Hall–Kier alpha value is -5.84. The van der Waals surface area contributed by atoms with E-state index in [1.165, 1.54) is 50.7 Å². The van der Waals surface area contributed by atoms with Gasteiger partial charge in [0.25, 0.3) is 5.69 Å². The number of carbonyl (C=O) groups is 1. The summed E-state index contributed by atoms with van der Waals surface area (Å²) in [5.41, 5.74) is 2.98. The van der Waals surface area contributed by atoms with Gasteiger partial charge < -0.3 is 43.8 Å². The minimum atomic E-state index is -1.55. The number of benzene rings is 4. The number of amides is 1. The summed E-state index contributed by atoms with van der Waals surface area (Å²) < 4.78 is 33.4. The molecule has 3 N–H and O–H groups in total. The van der Waals surface area contributed by atoms with Crippen LogP contribution in [0.25, 0.3) is 10.8 Å². The molecule has 7 rings (SSSR count). The highest BCUT2D eigenvalue weighted by molar-refractivity contribution is 6.03. The van der Waals surface area contributed by atoms with Crippen LogP contribution < -0.4 is 9.47 Å². The number of nitro benzene ring substituents is 1. The Balaban J connectivity index is 1.32. The first-order chi connectivity index (χ1) is 37.2. The largest absolute Gasteiger partial charge is 0.459 e. The number of fused-ring (bicyclic) bond motifs is 3.